The molecule has 13 heavy (non-hydrogen) atoms. The lowest BCUT2D eigenvalue weighted by Crippen LogP contribution is -2.16. The second-order valence-electron chi connectivity index (χ2n) is 3.13. The zero-order valence-electron chi connectivity index (χ0n) is 7.74. The van der Waals surface area contributed by atoms with E-state index in [1.54, 1.807) is 6.07 Å². The summed E-state index contributed by atoms with van der Waals surface area (Å²) in [5.74, 6) is 0.343. The molecule has 0 aliphatic carbocycles. The molecule has 0 fully saturated rings. The third-order valence-corrected chi connectivity index (χ3v) is 1.32. The minimum absolute atomic E-state index is 0.343. The van der Waals surface area contributed by atoms with E-state index in [1.165, 1.54) is 12.5 Å². The average Bonchev–Trinajstić information content (AvgIpc) is 2.53. The van der Waals surface area contributed by atoms with Gasteiger partial charge < -0.3 is 9.15 Å². The van der Waals surface area contributed by atoms with Crippen LogP contribution >= 0.6 is 0 Å². The van der Waals surface area contributed by atoms with Crippen LogP contribution in [0.5, 0.6) is 0 Å². The van der Waals surface area contributed by atoms with Gasteiger partial charge in [0.05, 0.1) is 18.6 Å². The van der Waals surface area contributed by atoms with E-state index in [0.717, 1.165) is 0 Å². The van der Waals surface area contributed by atoms with Gasteiger partial charge in [0, 0.05) is 6.07 Å². The van der Waals surface area contributed by atoms with Gasteiger partial charge in [-0.2, -0.15) is 0 Å². The van der Waals surface area contributed by atoms with Crippen molar-refractivity contribution in [2.24, 2.45) is 5.92 Å². The van der Waals surface area contributed by atoms with E-state index in [0.29, 0.717) is 18.2 Å². The average molecular weight is 183 g/mol. The minimum atomic E-state index is -0.449. The maximum absolute atomic E-state index is 11.0. The van der Waals surface area contributed by atoms with Crippen molar-refractivity contribution >= 4 is 11.8 Å². The van der Waals surface area contributed by atoms with Gasteiger partial charge in [-0.15, -0.1) is 0 Å². The van der Waals surface area contributed by atoms with Gasteiger partial charge in [-0.1, -0.05) is 13.8 Å². The molecule has 4 heteroatoms. The summed E-state index contributed by atoms with van der Waals surface area (Å²) >= 11 is 0. The number of ether oxygens (including phenoxy) is 1. The van der Waals surface area contributed by atoms with Crippen molar-refractivity contribution in [2.75, 3.05) is 11.9 Å². The Kier molecular flexibility index (Phi) is 3.37. The quantitative estimate of drug-likeness (QED) is 0.783. The maximum atomic E-state index is 11.0. The van der Waals surface area contributed by atoms with Crippen LogP contribution in [0.4, 0.5) is 10.5 Å². The SMILES string of the molecule is CC(C)COC(=O)Nc1ccoc1. The smallest absolute Gasteiger partial charge is 0.411 e. The van der Waals surface area contributed by atoms with Crippen LogP contribution in [0.25, 0.3) is 0 Å². The van der Waals surface area contributed by atoms with Crippen LogP contribution in [-0.4, -0.2) is 12.7 Å². The van der Waals surface area contributed by atoms with Gasteiger partial charge in [0.1, 0.15) is 6.26 Å². The van der Waals surface area contributed by atoms with E-state index in [4.69, 9.17) is 9.15 Å². The molecule has 72 valence electrons. The summed E-state index contributed by atoms with van der Waals surface area (Å²) in [4.78, 5) is 11.0. The molecule has 0 unspecified atom stereocenters. The number of nitrogens with one attached hydrogen (secondary N) is 1. The molecular weight excluding hydrogens is 170 g/mol. The number of anilines is 1. The van der Waals surface area contributed by atoms with Crippen molar-refractivity contribution in [2.45, 2.75) is 13.8 Å². The van der Waals surface area contributed by atoms with E-state index < -0.39 is 6.09 Å². The molecule has 0 aliphatic heterocycles. The monoisotopic (exact) mass is 183 g/mol. The van der Waals surface area contributed by atoms with E-state index in [2.05, 4.69) is 5.32 Å². The molecule has 0 bridgehead atoms. The largest absolute Gasteiger partial charge is 0.470 e. The fourth-order valence-corrected chi connectivity index (χ4v) is 0.732. The molecular formula is C9H13NO3. The summed E-state index contributed by atoms with van der Waals surface area (Å²) in [5.41, 5.74) is 0.605. The number of amides is 1. The van der Waals surface area contributed by atoms with Crippen LogP contribution in [-0.2, 0) is 4.74 Å². The summed E-state index contributed by atoms with van der Waals surface area (Å²) in [6.07, 6.45) is 2.48. The van der Waals surface area contributed by atoms with E-state index >= 15 is 0 Å². The molecule has 1 aromatic rings. The van der Waals surface area contributed by atoms with Crippen LogP contribution in [0.3, 0.4) is 0 Å². The number of rotatable bonds is 3. The van der Waals surface area contributed by atoms with Crippen LogP contribution in [0.1, 0.15) is 13.8 Å². The third-order valence-electron chi connectivity index (χ3n) is 1.32. The van der Waals surface area contributed by atoms with Gasteiger partial charge in [-0.05, 0) is 5.92 Å². The predicted molar refractivity (Wildman–Crippen MR) is 48.5 cm³/mol. The first-order valence-electron chi connectivity index (χ1n) is 4.14. The molecule has 0 atom stereocenters. The normalized spacial score (nSPS) is 10.1. The van der Waals surface area contributed by atoms with Crippen molar-refractivity contribution in [1.82, 2.24) is 0 Å². The Labute approximate surface area is 76.9 Å². The van der Waals surface area contributed by atoms with E-state index in [1.807, 2.05) is 13.8 Å². The van der Waals surface area contributed by atoms with Gasteiger partial charge in [0.15, 0.2) is 0 Å². The van der Waals surface area contributed by atoms with Crippen LogP contribution in [0.15, 0.2) is 23.0 Å². The molecule has 1 amide bonds. The van der Waals surface area contributed by atoms with Gasteiger partial charge in [-0.3, -0.25) is 5.32 Å². The predicted octanol–water partition coefficient (Wildman–Crippen LogP) is 2.48. The molecule has 1 rings (SSSR count). The second-order valence-corrected chi connectivity index (χ2v) is 3.13. The summed E-state index contributed by atoms with van der Waals surface area (Å²) in [6.45, 7) is 4.37. The fraction of sp³-hybridized carbons (Fsp3) is 0.444. The third kappa shape index (κ3) is 3.64. The van der Waals surface area contributed by atoms with Gasteiger partial charge in [0.2, 0.25) is 0 Å². The number of hydrogen-bond acceptors (Lipinski definition) is 3. The molecule has 1 heterocycles. The zero-order valence-corrected chi connectivity index (χ0v) is 7.74. The summed E-state index contributed by atoms with van der Waals surface area (Å²) in [6, 6.07) is 1.65. The summed E-state index contributed by atoms with van der Waals surface area (Å²) in [5, 5.41) is 2.52. The molecule has 1 N–H and O–H groups in total. The van der Waals surface area contributed by atoms with Gasteiger partial charge in [-0.25, -0.2) is 4.79 Å². The highest BCUT2D eigenvalue weighted by molar-refractivity contribution is 5.84. The summed E-state index contributed by atoms with van der Waals surface area (Å²) in [7, 11) is 0. The Morgan fingerprint density at radius 2 is 2.46 bits per heavy atom. The number of carbonyl (C=O) groups excluding carboxylic acids is 1. The molecule has 0 saturated heterocycles. The molecule has 1 aromatic heterocycles. The van der Waals surface area contributed by atoms with E-state index in [9.17, 15) is 4.79 Å². The maximum Gasteiger partial charge on any atom is 0.411 e. The van der Waals surface area contributed by atoms with Crippen molar-refractivity contribution in [3.63, 3.8) is 0 Å². The molecule has 0 spiro atoms. The first kappa shape index (κ1) is 9.64. The number of furan rings is 1. The van der Waals surface area contributed by atoms with Gasteiger partial charge >= 0.3 is 6.09 Å². The standard InChI is InChI=1S/C9H13NO3/c1-7(2)5-13-9(11)10-8-3-4-12-6-8/h3-4,6-7H,5H2,1-2H3,(H,10,11). The first-order valence-corrected chi connectivity index (χ1v) is 4.14. The minimum Gasteiger partial charge on any atom is -0.470 e. The molecule has 0 aliphatic rings. The number of carbonyl (C=O) groups is 1. The van der Waals surface area contributed by atoms with Crippen LogP contribution in [0.2, 0.25) is 0 Å². The Balaban J connectivity index is 2.26. The Hall–Kier alpha value is -1.45. The highest BCUT2D eigenvalue weighted by atomic mass is 16.5. The molecule has 0 aromatic carbocycles. The van der Waals surface area contributed by atoms with Crippen molar-refractivity contribution in [3.8, 4) is 0 Å². The Morgan fingerprint density at radius 1 is 1.69 bits per heavy atom. The highest BCUT2D eigenvalue weighted by Gasteiger charge is 2.04. The lowest BCUT2D eigenvalue weighted by atomic mass is 10.2. The Morgan fingerprint density at radius 3 is 3.00 bits per heavy atom. The molecule has 0 saturated carbocycles. The zero-order chi connectivity index (χ0) is 9.68. The first-order chi connectivity index (χ1) is 6.18. The fourth-order valence-electron chi connectivity index (χ4n) is 0.732. The topological polar surface area (TPSA) is 51.5 Å². The highest BCUT2D eigenvalue weighted by Crippen LogP contribution is 2.06. The summed E-state index contributed by atoms with van der Waals surface area (Å²) < 4.78 is 9.66. The Bertz CT molecular complexity index is 254. The lowest BCUT2D eigenvalue weighted by molar-refractivity contribution is 0.147. The van der Waals surface area contributed by atoms with Crippen molar-refractivity contribution in [3.05, 3.63) is 18.6 Å². The lowest BCUT2D eigenvalue weighted by Gasteiger charge is -2.06. The van der Waals surface area contributed by atoms with Gasteiger partial charge in [0.25, 0.3) is 0 Å². The number of hydrogen-bond donors (Lipinski definition) is 1. The van der Waals surface area contributed by atoms with Crippen LogP contribution in [0, 0.1) is 5.92 Å². The van der Waals surface area contributed by atoms with E-state index in [-0.39, 0.29) is 0 Å². The molecule has 0 radical (unpaired) electrons. The van der Waals surface area contributed by atoms with Crippen molar-refractivity contribution < 1.29 is 13.9 Å². The molecule has 4 nitrogen and oxygen atoms in total. The van der Waals surface area contributed by atoms with Crippen molar-refractivity contribution in [1.29, 1.82) is 0 Å². The van der Waals surface area contributed by atoms with Crippen LogP contribution < -0.4 is 5.32 Å². The second kappa shape index (κ2) is 4.54.